The molecular formula is C14H20N4O3S. The van der Waals surface area contributed by atoms with E-state index in [0.29, 0.717) is 18.7 Å². The molecule has 0 aromatic heterocycles. The predicted octanol–water partition coefficient (Wildman–Crippen LogP) is 0.729. The summed E-state index contributed by atoms with van der Waals surface area (Å²) in [7, 11) is -3.61. The molecule has 120 valence electrons. The van der Waals surface area contributed by atoms with Crippen LogP contribution in [0.5, 0.6) is 0 Å². The van der Waals surface area contributed by atoms with Crippen LogP contribution in [0.25, 0.3) is 0 Å². The second-order valence-corrected chi connectivity index (χ2v) is 7.06. The zero-order valence-electron chi connectivity index (χ0n) is 12.2. The van der Waals surface area contributed by atoms with E-state index in [4.69, 9.17) is 5.11 Å². The number of aliphatic imine (C=N–C) groups is 1. The Morgan fingerprint density at radius 3 is 2.77 bits per heavy atom. The molecule has 0 saturated carbocycles. The zero-order chi connectivity index (χ0) is 15.6. The maximum Gasteiger partial charge on any atom is 0.266 e. The van der Waals surface area contributed by atoms with E-state index in [1.165, 1.54) is 0 Å². The molecule has 1 aromatic rings. The number of rotatable bonds is 4. The van der Waals surface area contributed by atoms with Gasteiger partial charge in [0, 0.05) is 31.9 Å². The molecule has 7 nitrogen and oxygen atoms in total. The van der Waals surface area contributed by atoms with Crippen molar-refractivity contribution in [3.05, 3.63) is 18.2 Å². The van der Waals surface area contributed by atoms with Crippen LogP contribution < -0.4 is 14.9 Å². The van der Waals surface area contributed by atoms with E-state index in [2.05, 4.69) is 19.9 Å². The Labute approximate surface area is 130 Å². The number of benzene rings is 1. The van der Waals surface area contributed by atoms with Gasteiger partial charge in [0.05, 0.1) is 5.69 Å². The predicted molar refractivity (Wildman–Crippen MR) is 85.8 cm³/mol. The molecule has 1 saturated heterocycles. The van der Waals surface area contributed by atoms with E-state index < -0.39 is 10.0 Å². The van der Waals surface area contributed by atoms with E-state index in [1.54, 1.807) is 12.1 Å². The van der Waals surface area contributed by atoms with Crippen LogP contribution in [0.2, 0.25) is 0 Å². The average molecular weight is 324 g/mol. The Bertz CT molecular complexity index is 681. The van der Waals surface area contributed by atoms with E-state index in [9.17, 15) is 8.42 Å². The van der Waals surface area contributed by atoms with Gasteiger partial charge in [-0.1, -0.05) is 0 Å². The normalized spacial score (nSPS) is 21.3. The van der Waals surface area contributed by atoms with Crippen molar-refractivity contribution < 1.29 is 13.5 Å². The highest BCUT2D eigenvalue weighted by molar-refractivity contribution is 7.90. The van der Waals surface area contributed by atoms with Crippen LogP contribution in [0.15, 0.2) is 28.1 Å². The maximum absolute atomic E-state index is 12.4. The maximum atomic E-state index is 12.4. The smallest absolute Gasteiger partial charge is 0.266 e. The third-order valence-electron chi connectivity index (χ3n) is 3.80. The minimum absolute atomic E-state index is 0.0271. The Morgan fingerprint density at radius 1 is 1.27 bits per heavy atom. The van der Waals surface area contributed by atoms with Crippen LogP contribution in [-0.2, 0) is 10.0 Å². The molecule has 0 spiro atoms. The van der Waals surface area contributed by atoms with Crippen LogP contribution in [-0.4, -0.2) is 45.7 Å². The van der Waals surface area contributed by atoms with Crippen LogP contribution in [0.3, 0.4) is 0 Å². The topological polar surface area (TPSA) is 94.0 Å². The summed E-state index contributed by atoms with van der Waals surface area (Å²) in [6.07, 6.45) is 2.78. The van der Waals surface area contributed by atoms with E-state index in [0.717, 1.165) is 31.6 Å². The van der Waals surface area contributed by atoms with Gasteiger partial charge in [0.2, 0.25) is 5.96 Å². The van der Waals surface area contributed by atoms with Crippen molar-refractivity contribution >= 4 is 27.4 Å². The largest absolute Gasteiger partial charge is 0.396 e. The van der Waals surface area contributed by atoms with Gasteiger partial charge in [-0.15, -0.1) is 0 Å². The third kappa shape index (κ3) is 3.02. The van der Waals surface area contributed by atoms with E-state index in [1.807, 2.05) is 6.07 Å². The van der Waals surface area contributed by atoms with Gasteiger partial charge in [0.1, 0.15) is 4.90 Å². The van der Waals surface area contributed by atoms with Crippen molar-refractivity contribution in [2.45, 2.75) is 24.2 Å². The summed E-state index contributed by atoms with van der Waals surface area (Å²) in [5.41, 5.74) is 1.47. The number of aliphatic hydroxyl groups excluding tert-OH is 1. The number of nitrogens with one attached hydrogen (secondary N) is 2. The molecule has 2 aliphatic rings. The van der Waals surface area contributed by atoms with Gasteiger partial charge in [-0.3, -0.25) is 4.99 Å². The summed E-state index contributed by atoms with van der Waals surface area (Å²) in [6, 6.07) is 5.42. The van der Waals surface area contributed by atoms with Gasteiger partial charge in [-0.05, 0) is 37.5 Å². The first-order valence-corrected chi connectivity index (χ1v) is 8.92. The Morgan fingerprint density at radius 2 is 2.05 bits per heavy atom. The molecule has 8 heteroatoms. The molecule has 0 aliphatic carbocycles. The van der Waals surface area contributed by atoms with Crippen molar-refractivity contribution in [2.24, 2.45) is 4.99 Å². The first-order valence-electron chi connectivity index (χ1n) is 7.44. The van der Waals surface area contributed by atoms with Crippen molar-refractivity contribution in [3.8, 4) is 0 Å². The first-order chi connectivity index (χ1) is 10.6. The Kier molecular flexibility index (Phi) is 4.21. The first kappa shape index (κ1) is 15.1. The number of fused-ring (bicyclic) bond motifs is 1. The highest BCUT2D eigenvalue weighted by Gasteiger charge is 2.27. The van der Waals surface area contributed by atoms with Gasteiger partial charge >= 0.3 is 0 Å². The van der Waals surface area contributed by atoms with Crippen LogP contribution in [0, 0.1) is 0 Å². The average Bonchev–Trinajstić information content (AvgIpc) is 3.01. The van der Waals surface area contributed by atoms with Gasteiger partial charge in [-0.2, -0.15) is 0 Å². The molecule has 0 atom stereocenters. The van der Waals surface area contributed by atoms with E-state index in [-0.39, 0.29) is 17.5 Å². The number of guanidine groups is 1. The number of nitrogens with zero attached hydrogens (tertiary/aromatic N) is 2. The fourth-order valence-electron chi connectivity index (χ4n) is 2.68. The third-order valence-corrected chi connectivity index (χ3v) is 5.18. The lowest BCUT2D eigenvalue weighted by Gasteiger charge is -2.24. The minimum Gasteiger partial charge on any atom is -0.396 e. The fourth-order valence-corrected chi connectivity index (χ4v) is 3.84. The molecule has 22 heavy (non-hydrogen) atoms. The number of hydrogen-bond acceptors (Lipinski definition) is 5. The summed E-state index contributed by atoms with van der Waals surface area (Å²) < 4.78 is 27.2. The molecule has 1 fully saturated rings. The molecule has 0 bridgehead atoms. The number of aliphatic hydroxyl groups is 1. The molecule has 3 N–H and O–H groups in total. The van der Waals surface area contributed by atoms with Gasteiger partial charge in [0.15, 0.2) is 0 Å². The molecule has 0 unspecified atom stereocenters. The lowest BCUT2D eigenvalue weighted by molar-refractivity contribution is 0.291. The second kappa shape index (κ2) is 6.13. The van der Waals surface area contributed by atoms with Crippen LogP contribution in [0.1, 0.15) is 19.3 Å². The second-order valence-electron chi connectivity index (χ2n) is 5.41. The molecule has 3 rings (SSSR count). The van der Waals surface area contributed by atoms with Crippen molar-refractivity contribution in [1.29, 1.82) is 0 Å². The highest BCUT2D eigenvalue weighted by Crippen LogP contribution is 2.30. The molecule has 0 radical (unpaired) electrons. The van der Waals surface area contributed by atoms with Gasteiger partial charge in [0.25, 0.3) is 10.0 Å². The summed E-state index contributed by atoms with van der Waals surface area (Å²) >= 11 is 0. The molecule has 0 amide bonds. The van der Waals surface area contributed by atoms with E-state index >= 15 is 0 Å². The molecule has 1 aromatic carbocycles. The Hall–Kier alpha value is -1.80. The standard InChI is InChI=1S/C14H20N4O3S/c19-9-3-6-15-14-16-12-5-4-11(18-7-1-2-8-18)10-13(12)22(20,21)17-14/h4-5,10,19H,1-3,6-9H2,(H2,15,16,17). The van der Waals surface area contributed by atoms with Crippen molar-refractivity contribution in [3.63, 3.8) is 0 Å². The highest BCUT2D eigenvalue weighted by atomic mass is 32.2. The van der Waals surface area contributed by atoms with Crippen LogP contribution in [0.4, 0.5) is 11.4 Å². The molecular weight excluding hydrogens is 304 g/mol. The molecule has 2 aliphatic heterocycles. The number of sulfonamides is 1. The van der Waals surface area contributed by atoms with Crippen molar-refractivity contribution in [1.82, 2.24) is 4.72 Å². The fraction of sp³-hybridized carbons (Fsp3) is 0.500. The number of hydrogen-bond donors (Lipinski definition) is 3. The van der Waals surface area contributed by atoms with Crippen LogP contribution >= 0.6 is 0 Å². The Balaban J connectivity index is 1.88. The summed E-state index contributed by atoms with van der Waals surface area (Å²) in [6.45, 7) is 2.32. The zero-order valence-corrected chi connectivity index (χ0v) is 13.1. The lowest BCUT2D eigenvalue weighted by Crippen LogP contribution is -2.41. The number of anilines is 2. The van der Waals surface area contributed by atoms with Crippen molar-refractivity contribution in [2.75, 3.05) is 36.5 Å². The molecule has 2 heterocycles. The summed E-state index contributed by atoms with van der Waals surface area (Å²) in [5, 5.41) is 11.7. The summed E-state index contributed by atoms with van der Waals surface area (Å²) in [4.78, 5) is 6.56. The lowest BCUT2D eigenvalue weighted by atomic mass is 10.2. The summed E-state index contributed by atoms with van der Waals surface area (Å²) in [5.74, 6) is 0.204. The van der Waals surface area contributed by atoms with Gasteiger partial charge < -0.3 is 15.3 Å². The monoisotopic (exact) mass is 324 g/mol. The quantitative estimate of drug-likeness (QED) is 0.710. The SMILES string of the molecule is O=S1(=O)NC(=NCCCO)Nc2ccc(N3CCCC3)cc21. The van der Waals surface area contributed by atoms with Gasteiger partial charge in [-0.25, -0.2) is 13.1 Å². The minimum atomic E-state index is -3.61.